The lowest BCUT2D eigenvalue weighted by Crippen LogP contribution is -2.46. The van der Waals surface area contributed by atoms with Gasteiger partial charge in [0, 0.05) is 5.02 Å². The Morgan fingerprint density at radius 3 is 2.12 bits per heavy atom. The molecule has 2 rings (SSSR count). The lowest BCUT2D eigenvalue weighted by molar-refractivity contribution is -0.112. The number of benzene rings is 1. The molecule has 1 N–H and O–H groups in total. The van der Waals surface area contributed by atoms with Crippen molar-refractivity contribution in [3.8, 4) is 0 Å². The van der Waals surface area contributed by atoms with Gasteiger partial charge in [-0.05, 0) is 41.9 Å². The lowest BCUT2D eigenvalue weighted by atomic mass is 9.58. The van der Waals surface area contributed by atoms with Crippen molar-refractivity contribution in [1.29, 1.82) is 0 Å². The molecule has 0 radical (unpaired) electrons. The standard InChI is InChI=1S/C14H19ClO/c1-13(2,3)11-8-14(16,9-11)10-4-6-12(15)7-5-10/h4-7,11,16H,8-9H2,1-3H3. The van der Waals surface area contributed by atoms with Gasteiger partial charge < -0.3 is 5.11 Å². The van der Waals surface area contributed by atoms with Gasteiger partial charge in [-0.1, -0.05) is 44.5 Å². The van der Waals surface area contributed by atoms with Gasteiger partial charge in [0.1, 0.15) is 0 Å². The molecule has 1 aromatic carbocycles. The fourth-order valence-electron chi connectivity index (χ4n) is 2.36. The van der Waals surface area contributed by atoms with Gasteiger partial charge in [0.25, 0.3) is 0 Å². The molecule has 16 heavy (non-hydrogen) atoms. The zero-order chi connectivity index (χ0) is 12.0. The first-order chi connectivity index (χ1) is 7.31. The van der Waals surface area contributed by atoms with Crippen LogP contribution in [0.15, 0.2) is 24.3 Å². The minimum Gasteiger partial charge on any atom is -0.385 e. The van der Waals surface area contributed by atoms with Crippen LogP contribution in [-0.2, 0) is 5.60 Å². The Hall–Kier alpha value is -0.530. The molecule has 0 spiro atoms. The van der Waals surface area contributed by atoms with Crippen LogP contribution in [0.2, 0.25) is 5.02 Å². The van der Waals surface area contributed by atoms with Gasteiger partial charge in [-0.3, -0.25) is 0 Å². The summed E-state index contributed by atoms with van der Waals surface area (Å²) in [6, 6.07) is 7.56. The smallest absolute Gasteiger partial charge is 0.0902 e. The Bertz CT molecular complexity index is 369. The van der Waals surface area contributed by atoms with E-state index in [2.05, 4.69) is 20.8 Å². The molecule has 1 aromatic rings. The minimum absolute atomic E-state index is 0.290. The maximum Gasteiger partial charge on any atom is 0.0902 e. The fraction of sp³-hybridized carbons (Fsp3) is 0.571. The molecular weight excluding hydrogens is 220 g/mol. The maximum absolute atomic E-state index is 10.5. The molecule has 1 aliphatic carbocycles. The van der Waals surface area contributed by atoms with Crippen molar-refractivity contribution in [2.24, 2.45) is 11.3 Å². The molecule has 0 saturated heterocycles. The van der Waals surface area contributed by atoms with E-state index in [0.29, 0.717) is 11.3 Å². The first-order valence-corrected chi connectivity index (χ1v) is 6.17. The Balaban J connectivity index is 2.10. The molecule has 0 heterocycles. The third kappa shape index (κ3) is 2.11. The minimum atomic E-state index is -0.622. The Morgan fingerprint density at radius 1 is 1.19 bits per heavy atom. The Kier molecular flexibility index (Phi) is 2.80. The summed E-state index contributed by atoms with van der Waals surface area (Å²) in [5, 5.41) is 11.2. The van der Waals surface area contributed by atoms with Gasteiger partial charge in [0.2, 0.25) is 0 Å². The number of halogens is 1. The Labute approximate surface area is 102 Å². The molecule has 0 amide bonds. The summed E-state index contributed by atoms with van der Waals surface area (Å²) >= 11 is 5.84. The first kappa shape index (κ1) is 11.9. The van der Waals surface area contributed by atoms with E-state index in [1.807, 2.05) is 24.3 Å². The van der Waals surface area contributed by atoms with E-state index in [1.165, 1.54) is 0 Å². The van der Waals surface area contributed by atoms with Crippen molar-refractivity contribution in [2.45, 2.75) is 39.2 Å². The van der Waals surface area contributed by atoms with Crippen molar-refractivity contribution in [3.63, 3.8) is 0 Å². The van der Waals surface area contributed by atoms with E-state index in [1.54, 1.807) is 0 Å². The fourth-order valence-corrected chi connectivity index (χ4v) is 2.49. The van der Waals surface area contributed by atoms with Gasteiger partial charge in [0.15, 0.2) is 0 Å². The van der Waals surface area contributed by atoms with Crippen molar-refractivity contribution in [2.75, 3.05) is 0 Å². The zero-order valence-electron chi connectivity index (χ0n) is 10.1. The predicted octanol–water partition coefficient (Wildman–Crippen LogP) is 3.98. The van der Waals surface area contributed by atoms with Crippen LogP contribution in [0.5, 0.6) is 0 Å². The van der Waals surface area contributed by atoms with Crippen LogP contribution in [0.3, 0.4) is 0 Å². The van der Waals surface area contributed by atoms with E-state index < -0.39 is 5.60 Å². The molecule has 1 fully saturated rings. The summed E-state index contributed by atoms with van der Waals surface area (Å²) in [6.07, 6.45) is 1.72. The quantitative estimate of drug-likeness (QED) is 0.785. The number of aliphatic hydroxyl groups is 1. The largest absolute Gasteiger partial charge is 0.385 e. The molecule has 0 bridgehead atoms. The Morgan fingerprint density at radius 2 is 1.69 bits per heavy atom. The van der Waals surface area contributed by atoms with Gasteiger partial charge in [-0.25, -0.2) is 0 Å². The summed E-state index contributed by atoms with van der Waals surface area (Å²) in [7, 11) is 0. The van der Waals surface area contributed by atoms with Gasteiger partial charge in [0.05, 0.1) is 5.60 Å². The second-order valence-corrected chi connectivity index (χ2v) is 6.45. The summed E-state index contributed by atoms with van der Waals surface area (Å²) in [4.78, 5) is 0. The molecule has 1 nitrogen and oxygen atoms in total. The number of hydrogen-bond acceptors (Lipinski definition) is 1. The van der Waals surface area contributed by atoms with Crippen LogP contribution in [0.4, 0.5) is 0 Å². The molecule has 1 saturated carbocycles. The highest BCUT2D eigenvalue weighted by Gasteiger charge is 2.48. The van der Waals surface area contributed by atoms with Crippen molar-refractivity contribution in [3.05, 3.63) is 34.9 Å². The van der Waals surface area contributed by atoms with E-state index in [9.17, 15) is 5.11 Å². The summed E-state index contributed by atoms with van der Waals surface area (Å²) < 4.78 is 0. The maximum atomic E-state index is 10.5. The third-order valence-corrected chi connectivity index (χ3v) is 4.03. The van der Waals surface area contributed by atoms with E-state index in [0.717, 1.165) is 23.4 Å². The van der Waals surface area contributed by atoms with Crippen molar-refractivity contribution < 1.29 is 5.11 Å². The summed E-state index contributed by atoms with van der Waals surface area (Å²) in [6.45, 7) is 6.71. The summed E-state index contributed by atoms with van der Waals surface area (Å²) in [5.74, 6) is 0.605. The van der Waals surface area contributed by atoms with E-state index in [-0.39, 0.29) is 0 Å². The highest BCUT2D eigenvalue weighted by Crippen LogP contribution is 2.52. The second kappa shape index (κ2) is 3.75. The highest BCUT2D eigenvalue weighted by atomic mass is 35.5. The molecular formula is C14H19ClO. The topological polar surface area (TPSA) is 20.2 Å². The van der Waals surface area contributed by atoms with Crippen LogP contribution in [0.25, 0.3) is 0 Å². The van der Waals surface area contributed by atoms with Crippen LogP contribution in [0, 0.1) is 11.3 Å². The predicted molar refractivity (Wildman–Crippen MR) is 67.5 cm³/mol. The van der Waals surface area contributed by atoms with Crippen molar-refractivity contribution in [1.82, 2.24) is 0 Å². The average Bonchev–Trinajstić information content (AvgIpc) is 2.12. The normalized spacial score (nSPS) is 29.9. The molecule has 88 valence electrons. The summed E-state index contributed by atoms with van der Waals surface area (Å²) in [5.41, 5.74) is 0.665. The highest BCUT2D eigenvalue weighted by molar-refractivity contribution is 6.30. The van der Waals surface area contributed by atoms with Gasteiger partial charge in [-0.2, -0.15) is 0 Å². The molecule has 1 aliphatic rings. The SMILES string of the molecule is CC(C)(C)C1CC(O)(c2ccc(Cl)cc2)C1. The molecule has 0 aliphatic heterocycles. The van der Waals surface area contributed by atoms with E-state index in [4.69, 9.17) is 11.6 Å². The zero-order valence-corrected chi connectivity index (χ0v) is 10.9. The van der Waals surface area contributed by atoms with Crippen LogP contribution >= 0.6 is 11.6 Å². The third-order valence-electron chi connectivity index (χ3n) is 3.77. The monoisotopic (exact) mass is 238 g/mol. The molecule has 2 heteroatoms. The molecule has 0 aromatic heterocycles. The van der Waals surface area contributed by atoms with Crippen molar-refractivity contribution >= 4 is 11.6 Å². The second-order valence-electron chi connectivity index (χ2n) is 6.01. The van der Waals surface area contributed by atoms with Crippen LogP contribution in [-0.4, -0.2) is 5.11 Å². The van der Waals surface area contributed by atoms with Gasteiger partial charge in [-0.15, -0.1) is 0 Å². The van der Waals surface area contributed by atoms with Crippen LogP contribution < -0.4 is 0 Å². The number of hydrogen-bond donors (Lipinski definition) is 1. The number of rotatable bonds is 1. The lowest BCUT2D eigenvalue weighted by Gasteiger charge is -2.50. The van der Waals surface area contributed by atoms with Crippen LogP contribution in [0.1, 0.15) is 39.2 Å². The van der Waals surface area contributed by atoms with E-state index >= 15 is 0 Å². The van der Waals surface area contributed by atoms with Gasteiger partial charge >= 0.3 is 0 Å². The molecule has 0 unspecified atom stereocenters. The average molecular weight is 239 g/mol. The molecule has 0 atom stereocenters. The first-order valence-electron chi connectivity index (χ1n) is 5.80.